The summed E-state index contributed by atoms with van der Waals surface area (Å²) in [5.41, 5.74) is 6.13. The maximum Gasteiger partial charge on any atom is 0.137 e. The molecule has 0 aliphatic heterocycles. The summed E-state index contributed by atoms with van der Waals surface area (Å²) in [7, 11) is 0. The molecule has 0 bridgehead atoms. The number of ether oxygens (including phenoxy) is 1. The van der Waals surface area contributed by atoms with Gasteiger partial charge < -0.3 is 10.5 Å². The van der Waals surface area contributed by atoms with Gasteiger partial charge in [0.2, 0.25) is 0 Å². The smallest absolute Gasteiger partial charge is 0.137 e. The summed E-state index contributed by atoms with van der Waals surface area (Å²) in [4.78, 5) is 0. The van der Waals surface area contributed by atoms with Gasteiger partial charge >= 0.3 is 0 Å². The molecule has 0 radical (unpaired) electrons. The molecule has 0 unspecified atom stereocenters. The van der Waals surface area contributed by atoms with Gasteiger partial charge in [0, 0.05) is 4.47 Å². The van der Waals surface area contributed by atoms with Crippen molar-refractivity contribution >= 4 is 15.9 Å². The summed E-state index contributed by atoms with van der Waals surface area (Å²) in [6.45, 7) is 0.727. The number of hydrogen-bond donors (Lipinski definition) is 1. The number of hydrogen-bond acceptors (Lipinski definition) is 3. The van der Waals surface area contributed by atoms with Crippen LogP contribution in [0.25, 0.3) is 0 Å². The molecule has 3 nitrogen and oxygen atoms in total. The lowest BCUT2D eigenvalue weighted by molar-refractivity contribution is 0.0688. The van der Waals surface area contributed by atoms with Crippen LogP contribution in [0.2, 0.25) is 0 Å². The zero-order valence-corrected chi connectivity index (χ0v) is 10.4. The highest BCUT2D eigenvalue weighted by Gasteiger charge is 2.30. The van der Waals surface area contributed by atoms with E-state index >= 15 is 0 Å². The standard InChI is InChI=1S/C12H13BrN2O/c13-10-1-2-12(9(5-10)7-15)16-11-3-8(4-11)6-14/h1-2,5,8,11H,3-4,6,14H2. The molecular formula is C12H13BrN2O. The molecule has 4 heteroatoms. The van der Waals surface area contributed by atoms with Crippen molar-refractivity contribution in [2.24, 2.45) is 11.7 Å². The molecule has 16 heavy (non-hydrogen) atoms. The summed E-state index contributed by atoms with van der Waals surface area (Å²) in [6.07, 6.45) is 2.22. The van der Waals surface area contributed by atoms with E-state index in [1.165, 1.54) is 0 Å². The summed E-state index contributed by atoms with van der Waals surface area (Å²) in [5, 5.41) is 8.97. The molecule has 2 N–H and O–H groups in total. The van der Waals surface area contributed by atoms with Crippen LogP contribution < -0.4 is 10.5 Å². The van der Waals surface area contributed by atoms with E-state index in [0.29, 0.717) is 17.2 Å². The lowest BCUT2D eigenvalue weighted by atomic mass is 9.82. The Labute approximate surface area is 103 Å². The van der Waals surface area contributed by atoms with Gasteiger partial charge in [-0.25, -0.2) is 0 Å². The van der Waals surface area contributed by atoms with Crippen molar-refractivity contribution in [1.82, 2.24) is 0 Å². The summed E-state index contributed by atoms with van der Waals surface area (Å²) < 4.78 is 6.65. The van der Waals surface area contributed by atoms with E-state index in [-0.39, 0.29) is 6.10 Å². The Morgan fingerprint density at radius 2 is 2.25 bits per heavy atom. The predicted molar refractivity (Wildman–Crippen MR) is 65.1 cm³/mol. The van der Waals surface area contributed by atoms with E-state index in [1.807, 2.05) is 12.1 Å². The van der Waals surface area contributed by atoms with Crippen LogP contribution in [0.5, 0.6) is 5.75 Å². The molecule has 0 aromatic heterocycles. The van der Waals surface area contributed by atoms with Gasteiger partial charge in [0.05, 0.1) is 11.7 Å². The van der Waals surface area contributed by atoms with E-state index in [4.69, 9.17) is 15.7 Å². The predicted octanol–water partition coefficient (Wildman–Crippen LogP) is 2.44. The van der Waals surface area contributed by atoms with E-state index in [2.05, 4.69) is 22.0 Å². The number of nitrogens with zero attached hydrogens (tertiary/aromatic N) is 1. The Balaban J connectivity index is 2.03. The van der Waals surface area contributed by atoms with Crippen LogP contribution in [0.1, 0.15) is 18.4 Å². The van der Waals surface area contributed by atoms with Gasteiger partial charge in [0.25, 0.3) is 0 Å². The Hall–Kier alpha value is -1.05. The van der Waals surface area contributed by atoms with Gasteiger partial charge in [-0.3, -0.25) is 0 Å². The summed E-state index contributed by atoms with van der Waals surface area (Å²) >= 11 is 3.33. The van der Waals surface area contributed by atoms with Crippen molar-refractivity contribution in [3.63, 3.8) is 0 Å². The maximum atomic E-state index is 8.97. The van der Waals surface area contributed by atoms with Crippen LogP contribution in [0.4, 0.5) is 0 Å². The van der Waals surface area contributed by atoms with Crippen LogP contribution in [-0.2, 0) is 0 Å². The van der Waals surface area contributed by atoms with E-state index < -0.39 is 0 Å². The quantitative estimate of drug-likeness (QED) is 0.925. The minimum absolute atomic E-state index is 0.224. The van der Waals surface area contributed by atoms with Crippen LogP contribution in [-0.4, -0.2) is 12.6 Å². The lowest BCUT2D eigenvalue weighted by Crippen LogP contribution is -2.37. The zero-order chi connectivity index (χ0) is 11.5. The number of halogens is 1. The summed E-state index contributed by atoms with van der Waals surface area (Å²) in [5.74, 6) is 1.26. The first-order valence-electron chi connectivity index (χ1n) is 5.29. The Morgan fingerprint density at radius 3 is 2.88 bits per heavy atom. The second-order valence-corrected chi connectivity index (χ2v) is 4.98. The molecule has 1 saturated carbocycles. The molecule has 84 valence electrons. The monoisotopic (exact) mass is 280 g/mol. The van der Waals surface area contributed by atoms with Crippen LogP contribution in [0.3, 0.4) is 0 Å². The minimum atomic E-state index is 0.224. The van der Waals surface area contributed by atoms with E-state index in [0.717, 1.165) is 23.9 Å². The second kappa shape index (κ2) is 4.86. The van der Waals surface area contributed by atoms with E-state index in [1.54, 1.807) is 6.07 Å². The fraction of sp³-hybridized carbons (Fsp3) is 0.417. The van der Waals surface area contributed by atoms with Crippen molar-refractivity contribution in [3.05, 3.63) is 28.2 Å². The minimum Gasteiger partial charge on any atom is -0.489 e. The topological polar surface area (TPSA) is 59.0 Å². The first-order chi connectivity index (χ1) is 7.72. The third-order valence-electron chi connectivity index (χ3n) is 2.88. The van der Waals surface area contributed by atoms with E-state index in [9.17, 15) is 0 Å². The molecular weight excluding hydrogens is 268 g/mol. The van der Waals surface area contributed by atoms with Crippen molar-refractivity contribution in [2.75, 3.05) is 6.54 Å². The number of nitriles is 1. The van der Waals surface area contributed by atoms with Gasteiger partial charge in [-0.15, -0.1) is 0 Å². The highest BCUT2D eigenvalue weighted by atomic mass is 79.9. The third kappa shape index (κ3) is 2.37. The van der Waals surface area contributed by atoms with Gasteiger partial charge in [0.1, 0.15) is 11.8 Å². The Morgan fingerprint density at radius 1 is 1.50 bits per heavy atom. The van der Waals surface area contributed by atoms with Crippen molar-refractivity contribution < 1.29 is 4.74 Å². The van der Waals surface area contributed by atoms with Crippen LogP contribution >= 0.6 is 15.9 Å². The molecule has 1 aliphatic carbocycles. The fourth-order valence-electron chi connectivity index (χ4n) is 1.84. The number of nitrogens with two attached hydrogens (primary N) is 1. The van der Waals surface area contributed by atoms with Gasteiger partial charge in [0.15, 0.2) is 0 Å². The highest BCUT2D eigenvalue weighted by Crippen LogP contribution is 2.32. The summed E-state index contributed by atoms with van der Waals surface area (Å²) in [6, 6.07) is 7.62. The van der Waals surface area contributed by atoms with Crippen molar-refractivity contribution in [2.45, 2.75) is 18.9 Å². The molecule has 0 spiro atoms. The van der Waals surface area contributed by atoms with Crippen molar-refractivity contribution in [3.8, 4) is 11.8 Å². The second-order valence-electron chi connectivity index (χ2n) is 4.07. The van der Waals surface area contributed by atoms with Crippen LogP contribution in [0.15, 0.2) is 22.7 Å². The average molecular weight is 281 g/mol. The van der Waals surface area contributed by atoms with Gasteiger partial charge in [-0.1, -0.05) is 15.9 Å². The first kappa shape index (κ1) is 11.4. The lowest BCUT2D eigenvalue weighted by Gasteiger charge is -2.34. The molecule has 2 rings (SSSR count). The largest absolute Gasteiger partial charge is 0.489 e. The fourth-order valence-corrected chi connectivity index (χ4v) is 2.20. The number of rotatable bonds is 3. The third-order valence-corrected chi connectivity index (χ3v) is 3.37. The Bertz CT molecular complexity index is 422. The molecule has 0 saturated heterocycles. The number of benzene rings is 1. The normalized spacial score (nSPS) is 23.3. The first-order valence-corrected chi connectivity index (χ1v) is 6.08. The molecule has 1 aromatic rings. The Kier molecular flexibility index (Phi) is 3.47. The van der Waals surface area contributed by atoms with Crippen molar-refractivity contribution in [1.29, 1.82) is 5.26 Å². The SMILES string of the molecule is N#Cc1cc(Br)ccc1OC1CC(CN)C1. The zero-order valence-electron chi connectivity index (χ0n) is 8.82. The molecule has 1 aromatic carbocycles. The van der Waals surface area contributed by atoms with Crippen LogP contribution in [0, 0.1) is 17.2 Å². The molecule has 0 atom stereocenters. The maximum absolute atomic E-state index is 8.97. The molecule has 1 aliphatic rings. The highest BCUT2D eigenvalue weighted by molar-refractivity contribution is 9.10. The van der Waals surface area contributed by atoms with Gasteiger partial charge in [-0.2, -0.15) is 5.26 Å². The molecule has 0 heterocycles. The molecule has 1 fully saturated rings. The van der Waals surface area contributed by atoms with Gasteiger partial charge in [-0.05, 0) is 43.5 Å². The molecule has 0 amide bonds. The average Bonchev–Trinajstić information content (AvgIpc) is 2.24.